The molecule has 0 aliphatic heterocycles. The maximum absolute atomic E-state index is 11.5. The average Bonchev–Trinajstić information content (AvgIpc) is 2.72. The second-order valence-electron chi connectivity index (χ2n) is 6.03. The summed E-state index contributed by atoms with van der Waals surface area (Å²) in [5, 5.41) is 3.42. The minimum Gasteiger partial charge on any atom is -0.349 e. The van der Waals surface area contributed by atoms with E-state index in [1.165, 1.54) is 0 Å². The van der Waals surface area contributed by atoms with Crippen molar-refractivity contribution in [1.29, 1.82) is 0 Å². The first-order valence-electron chi connectivity index (χ1n) is 6.75. The van der Waals surface area contributed by atoms with Gasteiger partial charge in [-0.3, -0.25) is 4.79 Å². The van der Waals surface area contributed by atoms with Gasteiger partial charge in [-0.1, -0.05) is 0 Å². The molecule has 1 rings (SSSR count). The first-order chi connectivity index (χ1) is 8.79. The van der Waals surface area contributed by atoms with E-state index in [-0.39, 0.29) is 11.4 Å². The van der Waals surface area contributed by atoms with E-state index >= 15 is 0 Å². The monoisotopic (exact) mass is 266 g/mol. The van der Waals surface area contributed by atoms with E-state index in [4.69, 9.17) is 0 Å². The number of aromatic nitrogens is 2. The smallest absolute Gasteiger partial charge is 0.222 e. The Hall–Kier alpha value is -1.36. The zero-order valence-electron chi connectivity index (χ0n) is 12.7. The maximum Gasteiger partial charge on any atom is 0.222 e. The predicted octanol–water partition coefficient (Wildman–Crippen LogP) is 1.64. The van der Waals surface area contributed by atoms with E-state index < -0.39 is 0 Å². The fourth-order valence-electron chi connectivity index (χ4n) is 1.68. The first-order valence-corrected chi connectivity index (χ1v) is 6.75. The molecule has 5 nitrogen and oxygen atoms in total. The van der Waals surface area contributed by atoms with Gasteiger partial charge < -0.3 is 14.8 Å². The lowest BCUT2D eigenvalue weighted by Gasteiger charge is -2.20. The van der Waals surface area contributed by atoms with Crippen LogP contribution in [-0.4, -0.2) is 40.0 Å². The van der Waals surface area contributed by atoms with E-state index in [1.807, 2.05) is 12.4 Å². The number of carbonyl (C=O) groups is 1. The van der Waals surface area contributed by atoms with Crippen molar-refractivity contribution < 1.29 is 4.79 Å². The van der Waals surface area contributed by atoms with Gasteiger partial charge in [-0.05, 0) is 27.2 Å². The summed E-state index contributed by atoms with van der Waals surface area (Å²) in [5.41, 5.74) is 0.0810. The Balaban J connectivity index is 2.43. The molecule has 19 heavy (non-hydrogen) atoms. The molecular weight excluding hydrogens is 240 g/mol. The molecule has 108 valence electrons. The number of aryl methyl sites for hydroxylation is 1. The second kappa shape index (κ2) is 6.70. The van der Waals surface area contributed by atoms with Gasteiger partial charge in [0.1, 0.15) is 5.82 Å². The lowest BCUT2D eigenvalue weighted by Crippen LogP contribution is -2.36. The van der Waals surface area contributed by atoms with Crippen LogP contribution in [0.15, 0.2) is 12.4 Å². The Labute approximate surface area is 116 Å². The number of rotatable bonds is 6. The Bertz CT molecular complexity index is 404. The number of nitrogens with zero attached hydrogens (tertiary/aromatic N) is 3. The van der Waals surface area contributed by atoms with Crippen LogP contribution in [0.2, 0.25) is 0 Å². The largest absolute Gasteiger partial charge is 0.349 e. The highest BCUT2D eigenvalue weighted by Gasteiger charge is 2.11. The molecule has 0 aromatic carbocycles. The molecule has 0 atom stereocenters. The number of carbonyl (C=O) groups excluding carboxylic acids is 1. The molecule has 1 heterocycles. The molecule has 5 heteroatoms. The second-order valence-corrected chi connectivity index (χ2v) is 6.03. The Morgan fingerprint density at radius 1 is 1.42 bits per heavy atom. The molecule has 1 amide bonds. The van der Waals surface area contributed by atoms with Crippen LogP contribution in [0, 0.1) is 0 Å². The highest BCUT2D eigenvalue weighted by atomic mass is 16.2. The normalized spacial score (nSPS) is 11.6. The van der Waals surface area contributed by atoms with Gasteiger partial charge >= 0.3 is 0 Å². The van der Waals surface area contributed by atoms with Gasteiger partial charge in [0, 0.05) is 45.0 Å². The Morgan fingerprint density at radius 2 is 2.11 bits per heavy atom. The molecule has 1 N–H and O–H groups in total. The summed E-state index contributed by atoms with van der Waals surface area (Å²) in [6, 6.07) is 0. The number of hydrogen-bond acceptors (Lipinski definition) is 3. The van der Waals surface area contributed by atoms with Gasteiger partial charge in [-0.25, -0.2) is 4.98 Å². The zero-order chi connectivity index (χ0) is 14.5. The molecule has 0 aliphatic carbocycles. The third-order valence-electron chi connectivity index (χ3n) is 2.87. The van der Waals surface area contributed by atoms with E-state index in [1.54, 1.807) is 19.0 Å². The summed E-state index contributed by atoms with van der Waals surface area (Å²) in [6.45, 7) is 7.99. The summed E-state index contributed by atoms with van der Waals surface area (Å²) in [5.74, 6) is 1.20. The summed E-state index contributed by atoms with van der Waals surface area (Å²) in [6.07, 6.45) is 5.21. The highest BCUT2D eigenvalue weighted by molar-refractivity contribution is 5.75. The van der Waals surface area contributed by atoms with E-state index in [9.17, 15) is 4.79 Å². The van der Waals surface area contributed by atoms with Crippen LogP contribution >= 0.6 is 0 Å². The quantitative estimate of drug-likeness (QED) is 0.851. The zero-order valence-corrected chi connectivity index (χ0v) is 12.7. The van der Waals surface area contributed by atoms with Crippen LogP contribution in [-0.2, 0) is 17.9 Å². The van der Waals surface area contributed by atoms with Gasteiger partial charge in [0.05, 0.1) is 6.54 Å². The van der Waals surface area contributed by atoms with Gasteiger partial charge in [-0.15, -0.1) is 0 Å². The highest BCUT2D eigenvalue weighted by Crippen LogP contribution is 2.05. The number of hydrogen-bond donors (Lipinski definition) is 1. The third-order valence-corrected chi connectivity index (χ3v) is 2.87. The average molecular weight is 266 g/mol. The Morgan fingerprint density at radius 3 is 2.68 bits per heavy atom. The predicted molar refractivity (Wildman–Crippen MR) is 76.7 cm³/mol. The van der Waals surface area contributed by atoms with Crippen LogP contribution in [0.3, 0.4) is 0 Å². The number of imidazole rings is 1. The SMILES string of the molecule is CN(C)C(=O)CCCn1ccnc1CNC(C)(C)C. The molecule has 1 aromatic heterocycles. The fourth-order valence-corrected chi connectivity index (χ4v) is 1.68. The maximum atomic E-state index is 11.5. The van der Waals surface area contributed by atoms with Crippen molar-refractivity contribution in [3.63, 3.8) is 0 Å². The topological polar surface area (TPSA) is 50.2 Å². The number of amides is 1. The van der Waals surface area contributed by atoms with Crippen LogP contribution in [0.25, 0.3) is 0 Å². The van der Waals surface area contributed by atoms with E-state index in [0.717, 1.165) is 25.3 Å². The van der Waals surface area contributed by atoms with Crippen molar-refractivity contribution in [2.24, 2.45) is 0 Å². The summed E-state index contributed by atoms with van der Waals surface area (Å²) >= 11 is 0. The van der Waals surface area contributed by atoms with Crippen LogP contribution in [0.1, 0.15) is 39.4 Å². The Kier molecular flexibility index (Phi) is 5.54. The van der Waals surface area contributed by atoms with Gasteiger partial charge in [0.15, 0.2) is 0 Å². The molecule has 0 radical (unpaired) electrons. The third kappa shape index (κ3) is 5.87. The van der Waals surface area contributed by atoms with Crippen molar-refractivity contribution in [3.05, 3.63) is 18.2 Å². The fraction of sp³-hybridized carbons (Fsp3) is 0.714. The van der Waals surface area contributed by atoms with Gasteiger partial charge in [0.25, 0.3) is 0 Å². The lowest BCUT2D eigenvalue weighted by molar-refractivity contribution is -0.128. The van der Waals surface area contributed by atoms with Crippen molar-refractivity contribution in [2.45, 2.75) is 52.2 Å². The van der Waals surface area contributed by atoms with Crippen LogP contribution < -0.4 is 5.32 Å². The van der Waals surface area contributed by atoms with Crippen molar-refractivity contribution in [2.75, 3.05) is 14.1 Å². The van der Waals surface area contributed by atoms with Crippen molar-refractivity contribution >= 4 is 5.91 Å². The molecule has 1 aromatic rings. The molecule has 0 spiro atoms. The molecule has 0 bridgehead atoms. The van der Waals surface area contributed by atoms with Crippen LogP contribution in [0.4, 0.5) is 0 Å². The van der Waals surface area contributed by atoms with Crippen molar-refractivity contribution in [1.82, 2.24) is 19.8 Å². The first kappa shape index (κ1) is 15.7. The summed E-state index contributed by atoms with van der Waals surface area (Å²) < 4.78 is 2.11. The van der Waals surface area contributed by atoms with Crippen LogP contribution in [0.5, 0.6) is 0 Å². The van der Waals surface area contributed by atoms with E-state index in [0.29, 0.717) is 6.42 Å². The summed E-state index contributed by atoms with van der Waals surface area (Å²) in [7, 11) is 3.58. The van der Waals surface area contributed by atoms with Gasteiger partial charge in [-0.2, -0.15) is 0 Å². The van der Waals surface area contributed by atoms with Crippen molar-refractivity contribution in [3.8, 4) is 0 Å². The molecule has 0 saturated carbocycles. The van der Waals surface area contributed by atoms with E-state index in [2.05, 4.69) is 35.6 Å². The van der Waals surface area contributed by atoms with Gasteiger partial charge in [0.2, 0.25) is 5.91 Å². The molecule has 0 fully saturated rings. The minimum absolute atomic E-state index is 0.0810. The molecule has 0 aliphatic rings. The molecule has 0 unspecified atom stereocenters. The molecule has 0 saturated heterocycles. The molecular formula is C14H26N4O. The summed E-state index contributed by atoms with van der Waals surface area (Å²) in [4.78, 5) is 17.5. The number of nitrogens with one attached hydrogen (secondary N) is 1. The minimum atomic E-state index is 0.0810. The standard InChI is InChI=1S/C14H26N4O/c1-14(2,3)16-11-12-15-8-10-18(12)9-6-7-13(19)17(4)5/h8,10,16H,6-7,9,11H2,1-5H3. The lowest BCUT2D eigenvalue weighted by atomic mass is 10.1.